The molecule has 0 unspecified atom stereocenters. The van der Waals surface area contributed by atoms with Crippen LogP contribution in [0.1, 0.15) is 58.8 Å². The normalized spacial score (nSPS) is 22.7. The zero-order valence-electron chi connectivity index (χ0n) is 13.0. The minimum Gasteiger partial charge on any atom is -0.356 e. The van der Waals surface area contributed by atoms with E-state index in [2.05, 4.69) is 29.1 Å². The van der Waals surface area contributed by atoms with Crippen LogP contribution in [0.4, 0.5) is 0 Å². The number of hydrogen-bond acceptors (Lipinski definition) is 1. The number of rotatable bonds is 4. The quantitative estimate of drug-likeness (QED) is 0.624. The molecule has 110 valence electrons. The lowest BCUT2D eigenvalue weighted by Gasteiger charge is -2.26. The molecule has 3 nitrogen and oxygen atoms in total. The average Bonchev–Trinajstić information content (AvgIpc) is 3.06. The van der Waals surface area contributed by atoms with Crippen molar-refractivity contribution in [2.24, 2.45) is 16.3 Å². The molecule has 2 rings (SSSR count). The predicted molar refractivity (Wildman–Crippen MR) is 82.5 cm³/mol. The Labute approximate surface area is 118 Å². The molecule has 0 radical (unpaired) electrons. The second-order valence-corrected chi connectivity index (χ2v) is 6.49. The van der Waals surface area contributed by atoms with Crippen LogP contribution in [-0.2, 0) is 0 Å². The van der Waals surface area contributed by atoms with Crippen molar-refractivity contribution in [3.05, 3.63) is 0 Å². The van der Waals surface area contributed by atoms with E-state index in [0.717, 1.165) is 18.4 Å². The second kappa shape index (κ2) is 6.62. The summed E-state index contributed by atoms with van der Waals surface area (Å²) in [7, 11) is 1.93. The Kier molecular flexibility index (Phi) is 5.12. The first-order chi connectivity index (χ1) is 9.23. The highest BCUT2D eigenvalue weighted by atomic mass is 15.3. The summed E-state index contributed by atoms with van der Waals surface area (Å²) in [6.45, 7) is 8.06. The Morgan fingerprint density at radius 3 is 2.47 bits per heavy atom. The van der Waals surface area contributed by atoms with E-state index < -0.39 is 0 Å². The van der Waals surface area contributed by atoms with E-state index in [4.69, 9.17) is 0 Å². The van der Waals surface area contributed by atoms with Crippen molar-refractivity contribution in [1.29, 1.82) is 0 Å². The lowest BCUT2D eigenvalue weighted by molar-refractivity contribution is 0.308. The first-order valence-corrected chi connectivity index (χ1v) is 8.18. The summed E-state index contributed by atoms with van der Waals surface area (Å²) in [4.78, 5) is 6.99. The van der Waals surface area contributed by atoms with Crippen LogP contribution >= 0.6 is 0 Å². The van der Waals surface area contributed by atoms with Gasteiger partial charge in [-0.25, -0.2) is 0 Å². The summed E-state index contributed by atoms with van der Waals surface area (Å²) in [6, 6.07) is 0. The number of likely N-dealkylation sites (tertiary alicyclic amines) is 1. The number of guanidine groups is 1. The highest BCUT2D eigenvalue weighted by Gasteiger charge is 2.41. The highest BCUT2D eigenvalue weighted by molar-refractivity contribution is 5.80. The van der Waals surface area contributed by atoms with E-state index in [9.17, 15) is 0 Å². The third-order valence-corrected chi connectivity index (χ3v) is 5.32. The van der Waals surface area contributed by atoms with E-state index in [1.807, 2.05) is 7.05 Å². The van der Waals surface area contributed by atoms with Crippen molar-refractivity contribution in [3.63, 3.8) is 0 Å². The Hall–Kier alpha value is -0.730. The zero-order chi connectivity index (χ0) is 13.7. The van der Waals surface area contributed by atoms with Crippen LogP contribution in [0.25, 0.3) is 0 Å². The third kappa shape index (κ3) is 3.43. The Morgan fingerprint density at radius 1 is 1.21 bits per heavy atom. The van der Waals surface area contributed by atoms with Gasteiger partial charge in [-0.1, -0.05) is 39.5 Å². The summed E-state index contributed by atoms with van der Waals surface area (Å²) >= 11 is 0. The van der Waals surface area contributed by atoms with Crippen molar-refractivity contribution < 1.29 is 0 Å². The van der Waals surface area contributed by atoms with Gasteiger partial charge in [0, 0.05) is 26.7 Å². The maximum Gasteiger partial charge on any atom is 0.193 e. The number of nitrogens with zero attached hydrogens (tertiary/aromatic N) is 2. The first-order valence-electron chi connectivity index (χ1n) is 8.18. The summed E-state index contributed by atoms with van der Waals surface area (Å²) in [5, 5.41) is 3.60. The van der Waals surface area contributed by atoms with Crippen LogP contribution in [0, 0.1) is 11.3 Å². The van der Waals surface area contributed by atoms with Crippen molar-refractivity contribution in [1.82, 2.24) is 10.2 Å². The van der Waals surface area contributed by atoms with Crippen LogP contribution in [-0.4, -0.2) is 37.5 Å². The summed E-state index contributed by atoms with van der Waals surface area (Å²) in [5.74, 6) is 1.91. The molecule has 1 spiro atoms. The van der Waals surface area contributed by atoms with E-state index in [1.165, 1.54) is 58.0 Å². The van der Waals surface area contributed by atoms with Crippen molar-refractivity contribution in [2.75, 3.05) is 26.7 Å². The molecular formula is C16H31N3. The van der Waals surface area contributed by atoms with Crippen LogP contribution in [0.3, 0.4) is 0 Å². The maximum absolute atomic E-state index is 4.50. The van der Waals surface area contributed by atoms with Gasteiger partial charge in [-0.2, -0.15) is 0 Å². The molecule has 1 heterocycles. The predicted octanol–water partition coefficient (Wildman–Crippen LogP) is 3.26. The number of nitrogens with one attached hydrogen (secondary N) is 1. The molecule has 1 saturated heterocycles. The van der Waals surface area contributed by atoms with Crippen LogP contribution in [0.15, 0.2) is 4.99 Å². The smallest absolute Gasteiger partial charge is 0.193 e. The lowest BCUT2D eigenvalue weighted by Crippen LogP contribution is -2.42. The maximum atomic E-state index is 4.50. The number of aliphatic imine (C=N–C) groups is 1. The Morgan fingerprint density at radius 2 is 1.89 bits per heavy atom. The molecule has 0 amide bonds. The largest absolute Gasteiger partial charge is 0.356 e. The zero-order valence-corrected chi connectivity index (χ0v) is 13.0. The van der Waals surface area contributed by atoms with Gasteiger partial charge in [-0.3, -0.25) is 4.99 Å². The molecule has 0 atom stereocenters. The summed E-state index contributed by atoms with van der Waals surface area (Å²) < 4.78 is 0. The first kappa shape index (κ1) is 14.7. The molecule has 0 aromatic rings. The molecule has 1 saturated carbocycles. The van der Waals surface area contributed by atoms with Gasteiger partial charge >= 0.3 is 0 Å². The third-order valence-electron chi connectivity index (χ3n) is 5.32. The molecule has 1 aliphatic carbocycles. The molecule has 3 heteroatoms. The molecule has 0 bridgehead atoms. The van der Waals surface area contributed by atoms with E-state index in [-0.39, 0.29) is 0 Å². The topological polar surface area (TPSA) is 27.6 Å². The summed E-state index contributed by atoms with van der Waals surface area (Å²) in [5.41, 5.74) is 0.631. The highest BCUT2D eigenvalue weighted by Crippen LogP contribution is 2.45. The standard InChI is InChI=1S/C16H31N3/c1-4-14(5-2)12-18-15(17-3)19-11-10-16(13-19)8-6-7-9-16/h14H,4-13H2,1-3H3,(H,17,18). The molecule has 2 aliphatic rings. The van der Waals surface area contributed by atoms with Gasteiger partial charge < -0.3 is 10.2 Å². The molecule has 0 aromatic carbocycles. The van der Waals surface area contributed by atoms with Gasteiger partial charge in [0.2, 0.25) is 0 Å². The Bertz CT molecular complexity index is 301. The Balaban J connectivity index is 1.85. The van der Waals surface area contributed by atoms with Gasteiger partial charge in [0.1, 0.15) is 0 Å². The van der Waals surface area contributed by atoms with Crippen molar-refractivity contribution >= 4 is 5.96 Å². The monoisotopic (exact) mass is 265 g/mol. The average molecular weight is 265 g/mol. The summed E-state index contributed by atoms with van der Waals surface area (Å²) in [6.07, 6.45) is 9.63. The minimum atomic E-state index is 0.631. The van der Waals surface area contributed by atoms with E-state index in [1.54, 1.807) is 0 Å². The van der Waals surface area contributed by atoms with Gasteiger partial charge in [0.05, 0.1) is 0 Å². The SMILES string of the molecule is CCC(CC)CNC(=NC)N1CCC2(CCCC2)C1. The molecule has 0 aromatic heterocycles. The number of hydrogen-bond donors (Lipinski definition) is 1. The molecular weight excluding hydrogens is 234 g/mol. The van der Waals surface area contributed by atoms with Crippen molar-refractivity contribution in [2.45, 2.75) is 58.8 Å². The van der Waals surface area contributed by atoms with Crippen LogP contribution in [0.5, 0.6) is 0 Å². The fourth-order valence-corrected chi connectivity index (χ4v) is 3.79. The van der Waals surface area contributed by atoms with Crippen LogP contribution < -0.4 is 5.32 Å². The fourth-order valence-electron chi connectivity index (χ4n) is 3.79. The molecule has 2 fully saturated rings. The lowest BCUT2D eigenvalue weighted by atomic mass is 9.86. The van der Waals surface area contributed by atoms with Crippen LogP contribution in [0.2, 0.25) is 0 Å². The van der Waals surface area contributed by atoms with Crippen molar-refractivity contribution in [3.8, 4) is 0 Å². The molecule has 1 N–H and O–H groups in total. The molecule has 1 aliphatic heterocycles. The van der Waals surface area contributed by atoms with Gasteiger partial charge in [0.25, 0.3) is 0 Å². The van der Waals surface area contributed by atoms with Gasteiger partial charge in [-0.15, -0.1) is 0 Å². The molecule has 19 heavy (non-hydrogen) atoms. The fraction of sp³-hybridized carbons (Fsp3) is 0.938. The van der Waals surface area contributed by atoms with Gasteiger partial charge in [-0.05, 0) is 30.6 Å². The second-order valence-electron chi connectivity index (χ2n) is 6.49. The van der Waals surface area contributed by atoms with Gasteiger partial charge in [0.15, 0.2) is 5.96 Å². The van der Waals surface area contributed by atoms with E-state index in [0.29, 0.717) is 5.41 Å². The van der Waals surface area contributed by atoms with E-state index >= 15 is 0 Å². The minimum absolute atomic E-state index is 0.631.